The van der Waals surface area contributed by atoms with E-state index in [9.17, 15) is 0 Å². The van der Waals surface area contributed by atoms with Gasteiger partial charge in [0.05, 0.1) is 11.4 Å². The maximum atomic E-state index is 6.20. The summed E-state index contributed by atoms with van der Waals surface area (Å²) in [6, 6.07) is 164. The highest BCUT2D eigenvalue weighted by Gasteiger charge is 2.22. The Kier molecular flexibility index (Phi) is 18.6. The van der Waals surface area contributed by atoms with Crippen molar-refractivity contribution >= 4 is 134 Å². The second kappa shape index (κ2) is 31.0. The van der Waals surface area contributed by atoms with E-state index >= 15 is 0 Å². The molecule has 0 aliphatic heterocycles. The number of hydrogen-bond donors (Lipinski definition) is 0. The van der Waals surface area contributed by atoms with Crippen molar-refractivity contribution in [1.82, 2.24) is 0 Å². The zero-order valence-corrected chi connectivity index (χ0v) is 63.5. The van der Waals surface area contributed by atoms with Crippen molar-refractivity contribution in [3.8, 4) is 55.6 Å². The standard InChI is InChI=1S/C60H40N2O2.C50H36N2/c1-4-14-41(15-5-1)44-36-45(42-24-28-49(29-25-42)61(47-16-6-2-7-17-47)51-32-34-59-55(39-51)53-20-10-12-22-57(53)63-59)38-46(37-44)43-26-30-50(31-27-43)62(48-18-8-3-9-19-48)52-33-35-60-56(40-52)54-21-11-13-23-58(54)64-60;1-3-24-43(25-4-1)51(49-32-14-18-37-16-7-9-30-47(37)49)45-28-12-22-41(35-45)39-20-11-21-40(34-39)42-23-13-29-46(36-42)52(44-26-5-2-6-27-44)50-33-15-19-38-17-8-10-31-48(38)50/h1-40H;1-36H. The van der Waals surface area contributed by atoms with Gasteiger partial charge in [-0.2, -0.15) is 0 Å². The van der Waals surface area contributed by atoms with Crippen molar-refractivity contribution in [3.63, 3.8) is 0 Å². The van der Waals surface area contributed by atoms with Crippen molar-refractivity contribution in [2.45, 2.75) is 0 Å². The zero-order valence-electron chi connectivity index (χ0n) is 63.5. The summed E-state index contributed by atoms with van der Waals surface area (Å²) in [5, 5.41) is 9.30. The van der Waals surface area contributed by atoms with Gasteiger partial charge in [-0.3, -0.25) is 0 Å². The third-order valence-corrected chi connectivity index (χ3v) is 22.0. The fraction of sp³-hybridized carbons (Fsp3) is 0. The smallest absolute Gasteiger partial charge is 0.135 e. The normalized spacial score (nSPS) is 11.3. The van der Waals surface area contributed by atoms with Crippen LogP contribution in [0, 0.1) is 0 Å². The van der Waals surface area contributed by atoms with Crippen LogP contribution >= 0.6 is 0 Å². The third-order valence-electron chi connectivity index (χ3n) is 22.0. The topological polar surface area (TPSA) is 39.2 Å². The van der Waals surface area contributed by atoms with Crippen molar-refractivity contribution in [2.24, 2.45) is 0 Å². The Morgan fingerprint density at radius 3 is 0.784 bits per heavy atom. The first-order valence-corrected chi connectivity index (χ1v) is 39.4. The summed E-state index contributed by atoms with van der Waals surface area (Å²) in [4.78, 5) is 9.36. The number of rotatable bonds is 17. The van der Waals surface area contributed by atoms with Crippen LogP contribution in [0.25, 0.3) is 121 Å². The third kappa shape index (κ3) is 13.8. The number of para-hydroxylation sites is 6. The Morgan fingerprint density at radius 2 is 0.379 bits per heavy atom. The summed E-state index contributed by atoms with van der Waals surface area (Å²) < 4.78 is 12.4. The number of benzene rings is 19. The van der Waals surface area contributed by atoms with E-state index in [0.717, 1.165) is 134 Å². The molecule has 0 aliphatic carbocycles. The van der Waals surface area contributed by atoms with Gasteiger partial charge in [-0.05, 0) is 248 Å². The second-order valence-electron chi connectivity index (χ2n) is 29.2. The van der Waals surface area contributed by atoms with E-state index in [0.29, 0.717) is 0 Å². The van der Waals surface area contributed by atoms with Crippen LogP contribution in [-0.4, -0.2) is 0 Å². The van der Waals surface area contributed by atoms with E-state index in [4.69, 9.17) is 8.83 Å². The molecule has 2 heterocycles. The molecule has 19 aromatic carbocycles. The van der Waals surface area contributed by atoms with Crippen molar-refractivity contribution in [3.05, 3.63) is 461 Å². The van der Waals surface area contributed by atoms with Gasteiger partial charge in [-0.1, -0.05) is 279 Å². The first-order valence-electron chi connectivity index (χ1n) is 39.4. The van der Waals surface area contributed by atoms with E-state index in [1.165, 1.54) is 54.9 Å². The molecule has 0 fully saturated rings. The minimum Gasteiger partial charge on any atom is -0.456 e. The van der Waals surface area contributed by atoms with E-state index in [1.807, 2.05) is 24.3 Å². The lowest BCUT2D eigenvalue weighted by Gasteiger charge is -2.27. The van der Waals surface area contributed by atoms with E-state index in [2.05, 4.69) is 456 Å². The molecule has 548 valence electrons. The average Bonchev–Trinajstić information content (AvgIpc) is 1.74. The summed E-state index contributed by atoms with van der Waals surface area (Å²) in [6.45, 7) is 0. The minimum absolute atomic E-state index is 0.881. The van der Waals surface area contributed by atoms with Crippen LogP contribution in [0.2, 0.25) is 0 Å². The fourth-order valence-electron chi connectivity index (χ4n) is 16.5. The Bertz CT molecular complexity index is 6680. The Morgan fingerprint density at radius 1 is 0.129 bits per heavy atom. The van der Waals surface area contributed by atoms with Gasteiger partial charge in [-0.15, -0.1) is 0 Å². The highest BCUT2D eigenvalue weighted by atomic mass is 16.3. The van der Waals surface area contributed by atoms with Gasteiger partial charge in [0.1, 0.15) is 22.3 Å². The summed E-state index contributed by atoms with van der Waals surface area (Å²) >= 11 is 0. The van der Waals surface area contributed by atoms with Crippen molar-refractivity contribution in [1.29, 1.82) is 0 Å². The SMILES string of the molecule is c1ccc(-c2cc(-c3ccc(N(c4ccccc4)c4ccc5oc6ccccc6c5c4)cc3)cc(-c3ccc(N(c4ccccc4)c4ccc5oc6ccccc6c5c4)cc3)c2)cc1.c1ccc(N(c2cccc(-c3cccc(-c4cccc(N(c5ccccc5)c5cccc6ccccc56)c4)c3)c2)c2cccc3ccccc23)cc1. The maximum absolute atomic E-state index is 6.20. The molecule has 21 rings (SSSR count). The predicted octanol–water partition coefficient (Wildman–Crippen LogP) is 31.7. The van der Waals surface area contributed by atoms with E-state index in [-0.39, 0.29) is 0 Å². The highest BCUT2D eigenvalue weighted by Crippen LogP contribution is 2.47. The lowest BCUT2D eigenvalue weighted by atomic mass is 9.93. The van der Waals surface area contributed by atoms with Crippen molar-refractivity contribution in [2.75, 3.05) is 19.6 Å². The van der Waals surface area contributed by atoms with Crippen LogP contribution < -0.4 is 19.6 Å². The average molecular weight is 1490 g/mol. The van der Waals surface area contributed by atoms with Crippen LogP contribution in [0.3, 0.4) is 0 Å². The van der Waals surface area contributed by atoms with Gasteiger partial charge < -0.3 is 28.4 Å². The molecular weight excluding hydrogens is 1410 g/mol. The molecule has 21 aromatic rings. The van der Waals surface area contributed by atoms with Crippen LogP contribution in [0.15, 0.2) is 470 Å². The van der Waals surface area contributed by atoms with Crippen molar-refractivity contribution < 1.29 is 8.83 Å². The van der Waals surface area contributed by atoms with E-state index in [1.54, 1.807) is 0 Å². The molecule has 0 saturated heterocycles. The molecule has 0 amide bonds. The molecule has 0 N–H and O–H groups in total. The monoisotopic (exact) mass is 1480 g/mol. The molecule has 0 radical (unpaired) electrons. The van der Waals surface area contributed by atoms with Gasteiger partial charge in [0.2, 0.25) is 0 Å². The summed E-state index contributed by atoms with van der Waals surface area (Å²) in [7, 11) is 0. The molecule has 0 saturated carbocycles. The van der Waals surface area contributed by atoms with Crippen LogP contribution in [0.4, 0.5) is 68.2 Å². The molecule has 0 unspecified atom stereocenters. The van der Waals surface area contributed by atoms with Gasteiger partial charge in [0.15, 0.2) is 0 Å². The number of nitrogens with zero attached hydrogens (tertiary/aromatic N) is 4. The lowest BCUT2D eigenvalue weighted by Crippen LogP contribution is -2.10. The summed E-state index contributed by atoms with van der Waals surface area (Å²) in [6.07, 6.45) is 0. The van der Waals surface area contributed by atoms with Gasteiger partial charge in [0, 0.05) is 89.2 Å². The summed E-state index contributed by atoms with van der Waals surface area (Å²) in [5.41, 5.74) is 28.4. The molecular formula is C110H76N4O2. The summed E-state index contributed by atoms with van der Waals surface area (Å²) in [5.74, 6) is 0. The number of anilines is 12. The largest absolute Gasteiger partial charge is 0.456 e. The molecule has 2 aromatic heterocycles. The van der Waals surface area contributed by atoms with Crippen LogP contribution in [0.5, 0.6) is 0 Å². The molecule has 6 nitrogen and oxygen atoms in total. The molecule has 6 heteroatoms. The zero-order chi connectivity index (χ0) is 77.1. The second-order valence-corrected chi connectivity index (χ2v) is 29.2. The lowest BCUT2D eigenvalue weighted by molar-refractivity contribution is 0.668. The fourth-order valence-corrected chi connectivity index (χ4v) is 16.5. The predicted molar refractivity (Wildman–Crippen MR) is 488 cm³/mol. The van der Waals surface area contributed by atoms with Gasteiger partial charge >= 0.3 is 0 Å². The number of furan rings is 2. The Hall–Kier alpha value is -15.5. The van der Waals surface area contributed by atoms with E-state index < -0.39 is 0 Å². The number of fused-ring (bicyclic) bond motifs is 8. The minimum atomic E-state index is 0.881. The molecule has 0 atom stereocenters. The number of hydrogen-bond acceptors (Lipinski definition) is 6. The molecule has 0 spiro atoms. The highest BCUT2D eigenvalue weighted by molar-refractivity contribution is 6.09. The maximum Gasteiger partial charge on any atom is 0.135 e. The molecule has 0 bridgehead atoms. The van der Waals surface area contributed by atoms with Gasteiger partial charge in [0.25, 0.3) is 0 Å². The Balaban J connectivity index is 0.000000153. The van der Waals surface area contributed by atoms with Crippen LogP contribution in [0.1, 0.15) is 0 Å². The molecule has 0 aliphatic rings. The first-order chi connectivity index (χ1) is 57.5. The first kappa shape index (κ1) is 69.7. The Labute approximate surface area is 674 Å². The van der Waals surface area contributed by atoms with Gasteiger partial charge in [-0.25, -0.2) is 0 Å². The molecule has 116 heavy (non-hydrogen) atoms. The quantitative estimate of drug-likeness (QED) is 0.0905. The van der Waals surface area contributed by atoms with Crippen LogP contribution in [-0.2, 0) is 0 Å².